The summed E-state index contributed by atoms with van der Waals surface area (Å²) in [5.41, 5.74) is 0.120. The van der Waals surface area contributed by atoms with Gasteiger partial charge in [0, 0.05) is 17.7 Å². The minimum Gasteiger partial charge on any atom is -0.476 e. The molecule has 0 bridgehead atoms. The number of rotatable bonds is 10. The molecule has 154 valence electrons. The molecule has 0 aromatic carbocycles. The average Bonchev–Trinajstić information content (AvgIpc) is 3.23. The van der Waals surface area contributed by atoms with Crippen molar-refractivity contribution in [2.24, 2.45) is 5.41 Å². The fraction of sp³-hybridized carbons (Fsp3) is 0.632. The summed E-state index contributed by atoms with van der Waals surface area (Å²) in [5.74, 6) is -0.432. The predicted molar refractivity (Wildman–Crippen MR) is 108 cm³/mol. The molecule has 9 heteroatoms. The van der Waals surface area contributed by atoms with Gasteiger partial charge in [-0.2, -0.15) is 0 Å². The van der Waals surface area contributed by atoms with E-state index in [1.54, 1.807) is 4.90 Å². The number of amides is 1. The molecule has 3 rings (SSSR count). The highest BCUT2D eigenvalue weighted by Gasteiger charge is 2.41. The van der Waals surface area contributed by atoms with E-state index >= 15 is 0 Å². The van der Waals surface area contributed by atoms with Crippen molar-refractivity contribution in [2.75, 3.05) is 18.9 Å². The fourth-order valence-corrected chi connectivity index (χ4v) is 5.51. The Labute approximate surface area is 172 Å². The average molecular weight is 427 g/mol. The molecule has 7 nitrogen and oxygen atoms in total. The van der Waals surface area contributed by atoms with Gasteiger partial charge in [0.15, 0.2) is 10.0 Å². The summed E-state index contributed by atoms with van der Waals surface area (Å²) in [6, 6.07) is -0.134. The first-order chi connectivity index (χ1) is 13.4. The van der Waals surface area contributed by atoms with Crippen LogP contribution in [0.4, 0.5) is 4.79 Å². The summed E-state index contributed by atoms with van der Waals surface area (Å²) >= 11 is 2.71. The molecule has 0 radical (unpaired) electrons. The lowest BCUT2D eigenvalue weighted by atomic mass is 9.63. The van der Waals surface area contributed by atoms with E-state index in [2.05, 4.69) is 11.9 Å². The number of aromatic nitrogens is 1. The molecule has 1 aliphatic heterocycles. The lowest BCUT2D eigenvalue weighted by Gasteiger charge is -2.45. The number of aliphatic hydroxyl groups is 1. The Morgan fingerprint density at radius 3 is 2.96 bits per heavy atom. The molecule has 2 fully saturated rings. The first-order valence-electron chi connectivity index (χ1n) is 9.55. The summed E-state index contributed by atoms with van der Waals surface area (Å²) in [4.78, 5) is 28.6. The van der Waals surface area contributed by atoms with Crippen molar-refractivity contribution in [3.05, 3.63) is 23.2 Å². The smallest absolute Gasteiger partial charge is 0.410 e. The highest BCUT2D eigenvalue weighted by molar-refractivity contribution is 8.01. The van der Waals surface area contributed by atoms with Crippen molar-refractivity contribution < 1.29 is 24.5 Å². The van der Waals surface area contributed by atoms with Gasteiger partial charge in [0.2, 0.25) is 0 Å². The summed E-state index contributed by atoms with van der Waals surface area (Å²) in [6.07, 6.45) is 8.20. The van der Waals surface area contributed by atoms with E-state index < -0.39 is 5.97 Å². The van der Waals surface area contributed by atoms with Crippen LogP contribution in [0.5, 0.6) is 0 Å². The van der Waals surface area contributed by atoms with Crippen molar-refractivity contribution in [3.8, 4) is 0 Å². The van der Waals surface area contributed by atoms with Gasteiger partial charge in [0.05, 0.1) is 12.1 Å². The molecule has 1 aliphatic carbocycles. The SMILES string of the molecule is CCC1([C@@H](O)C/C=C/[C@H]2COC(=O)N2CCSc2nc(C(=O)O)cs2)CCC1. The highest BCUT2D eigenvalue weighted by atomic mass is 32.2. The molecule has 2 N–H and O–H groups in total. The number of carboxylic acid groups (broad SMARTS) is 1. The third-order valence-corrected chi connectivity index (χ3v) is 7.75. The maximum absolute atomic E-state index is 12.0. The highest BCUT2D eigenvalue weighted by Crippen LogP contribution is 2.47. The van der Waals surface area contributed by atoms with Crippen LogP contribution in [-0.4, -0.2) is 63.2 Å². The van der Waals surface area contributed by atoms with Crippen molar-refractivity contribution in [3.63, 3.8) is 0 Å². The summed E-state index contributed by atoms with van der Waals surface area (Å²) in [7, 11) is 0. The number of thiazole rings is 1. The molecule has 1 saturated heterocycles. The van der Waals surface area contributed by atoms with Crippen LogP contribution in [0.15, 0.2) is 21.9 Å². The summed E-state index contributed by atoms with van der Waals surface area (Å²) in [5, 5.41) is 20.9. The van der Waals surface area contributed by atoms with Gasteiger partial charge >= 0.3 is 12.1 Å². The zero-order chi connectivity index (χ0) is 20.1. The minimum absolute atomic E-state index is 0.0452. The van der Waals surface area contributed by atoms with Crippen LogP contribution < -0.4 is 0 Å². The van der Waals surface area contributed by atoms with E-state index in [9.17, 15) is 14.7 Å². The number of hydrogen-bond acceptors (Lipinski definition) is 7. The van der Waals surface area contributed by atoms with E-state index in [4.69, 9.17) is 9.84 Å². The second-order valence-corrected chi connectivity index (χ2v) is 9.44. The van der Waals surface area contributed by atoms with Crippen molar-refractivity contribution in [1.29, 1.82) is 0 Å². The van der Waals surface area contributed by atoms with Crippen LogP contribution in [0.1, 0.15) is 49.5 Å². The molecular formula is C19H26N2O5S2. The Kier molecular flexibility index (Phi) is 7.00. The van der Waals surface area contributed by atoms with Crippen molar-refractivity contribution in [1.82, 2.24) is 9.88 Å². The van der Waals surface area contributed by atoms with Crippen LogP contribution >= 0.6 is 23.1 Å². The minimum atomic E-state index is -1.04. The number of cyclic esters (lactones) is 1. The van der Waals surface area contributed by atoms with Gasteiger partial charge in [-0.1, -0.05) is 37.3 Å². The van der Waals surface area contributed by atoms with E-state index in [0.717, 1.165) is 19.3 Å². The quantitative estimate of drug-likeness (QED) is 0.435. The van der Waals surface area contributed by atoms with Gasteiger partial charge in [0.25, 0.3) is 0 Å². The van der Waals surface area contributed by atoms with Crippen LogP contribution in [-0.2, 0) is 4.74 Å². The van der Waals surface area contributed by atoms with E-state index in [1.807, 2.05) is 12.2 Å². The summed E-state index contributed by atoms with van der Waals surface area (Å²) < 4.78 is 5.84. The molecule has 1 saturated carbocycles. The first kappa shape index (κ1) is 21.1. The van der Waals surface area contributed by atoms with Gasteiger partial charge in [0.1, 0.15) is 6.61 Å². The molecule has 2 heterocycles. The zero-order valence-corrected chi connectivity index (χ0v) is 17.5. The number of carbonyl (C=O) groups is 2. The van der Waals surface area contributed by atoms with E-state index in [1.165, 1.54) is 34.9 Å². The Morgan fingerprint density at radius 2 is 2.36 bits per heavy atom. The maximum Gasteiger partial charge on any atom is 0.410 e. The van der Waals surface area contributed by atoms with Crippen LogP contribution in [0.25, 0.3) is 0 Å². The third-order valence-electron chi connectivity index (χ3n) is 5.75. The topological polar surface area (TPSA) is 100.0 Å². The molecule has 1 aromatic rings. The van der Waals surface area contributed by atoms with Crippen LogP contribution in [0.3, 0.4) is 0 Å². The number of thioether (sulfide) groups is 1. The van der Waals surface area contributed by atoms with Crippen LogP contribution in [0.2, 0.25) is 0 Å². The Morgan fingerprint density at radius 1 is 1.57 bits per heavy atom. The Hall–Kier alpha value is -1.58. The Balaban J connectivity index is 1.47. The van der Waals surface area contributed by atoms with E-state index in [-0.39, 0.29) is 29.3 Å². The molecule has 28 heavy (non-hydrogen) atoms. The number of carbonyl (C=O) groups excluding carboxylic acids is 1. The number of aliphatic hydroxyl groups excluding tert-OH is 1. The molecule has 2 atom stereocenters. The Bertz CT molecular complexity index is 726. The molecule has 2 aliphatic rings. The van der Waals surface area contributed by atoms with Gasteiger partial charge < -0.3 is 14.9 Å². The standard InChI is InChI=1S/C19H26N2O5S2/c1-2-19(7-4-8-19)15(22)6-3-5-13-11-26-18(25)21(13)9-10-27-17-20-14(12-28-17)16(23)24/h3,5,12-13,15,22H,2,4,6-11H2,1H3,(H,23,24)/b5-3+/t13-,15-/m0/s1. The fourth-order valence-electron chi connectivity index (χ4n) is 3.70. The first-order valence-corrected chi connectivity index (χ1v) is 11.4. The van der Waals surface area contributed by atoms with Gasteiger partial charge in [-0.3, -0.25) is 4.90 Å². The number of nitrogens with zero attached hydrogens (tertiary/aromatic N) is 2. The summed E-state index contributed by atoms with van der Waals surface area (Å²) in [6.45, 7) is 2.94. The third kappa shape index (κ3) is 4.69. The molecular weight excluding hydrogens is 400 g/mol. The van der Waals surface area contributed by atoms with Gasteiger partial charge in [-0.05, 0) is 31.1 Å². The number of aromatic carboxylic acids is 1. The molecule has 1 amide bonds. The number of carboxylic acids is 1. The maximum atomic E-state index is 12.0. The predicted octanol–water partition coefficient (Wildman–Crippen LogP) is 3.64. The lowest BCUT2D eigenvalue weighted by Crippen LogP contribution is -2.40. The zero-order valence-electron chi connectivity index (χ0n) is 15.9. The molecule has 0 unspecified atom stereocenters. The number of ether oxygens (including phenoxy) is 1. The van der Waals surface area contributed by atoms with E-state index in [0.29, 0.717) is 29.7 Å². The second kappa shape index (κ2) is 9.28. The van der Waals surface area contributed by atoms with Gasteiger partial charge in [-0.15, -0.1) is 11.3 Å². The van der Waals surface area contributed by atoms with Gasteiger partial charge in [-0.25, -0.2) is 14.6 Å². The lowest BCUT2D eigenvalue weighted by molar-refractivity contribution is -0.0355. The van der Waals surface area contributed by atoms with Crippen molar-refractivity contribution in [2.45, 2.75) is 55.5 Å². The number of hydrogen-bond donors (Lipinski definition) is 2. The van der Waals surface area contributed by atoms with Crippen LogP contribution in [0, 0.1) is 5.41 Å². The monoisotopic (exact) mass is 426 g/mol. The largest absolute Gasteiger partial charge is 0.476 e. The normalized spacial score (nSPS) is 22.3. The molecule has 1 aromatic heterocycles. The second-order valence-electron chi connectivity index (χ2n) is 7.24. The molecule has 0 spiro atoms. The van der Waals surface area contributed by atoms with Crippen molar-refractivity contribution >= 4 is 35.2 Å².